The van der Waals surface area contributed by atoms with E-state index in [2.05, 4.69) is 9.97 Å². The van der Waals surface area contributed by atoms with E-state index >= 15 is 0 Å². The summed E-state index contributed by atoms with van der Waals surface area (Å²) in [5.41, 5.74) is 1.52. The number of rotatable bonds is 8. The molecule has 4 aromatic rings. The predicted octanol–water partition coefficient (Wildman–Crippen LogP) is 6.91. The minimum Gasteiger partial charge on any atom is -0.481 e. The van der Waals surface area contributed by atoms with Gasteiger partial charge in [0.05, 0.1) is 41.5 Å². The number of aliphatic hydroxyl groups is 2. The molecule has 2 aromatic heterocycles. The van der Waals surface area contributed by atoms with Crippen LogP contribution >= 0.6 is 0 Å². The van der Waals surface area contributed by atoms with Crippen LogP contribution in [0, 0.1) is 10.8 Å². The van der Waals surface area contributed by atoms with E-state index in [1.165, 1.54) is 7.11 Å². The second-order valence-corrected chi connectivity index (χ2v) is 11.7. The Morgan fingerprint density at radius 2 is 1.14 bits per heavy atom. The monoisotopic (exact) mass is 584 g/mol. The predicted molar refractivity (Wildman–Crippen MR) is 170 cm³/mol. The van der Waals surface area contributed by atoms with Crippen molar-refractivity contribution in [1.82, 2.24) is 9.97 Å². The normalized spacial score (nSPS) is 13.6. The van der Waals surface area contributed by atoms with Crippen molar-refractivity contribution in [2.45, 2.75) is 53.8 Å². The van der Waals surface area contributed by atoms with Crippen LogP contribution in [0.1, 0.15) is 76.3 Å². The molecule has 2 atom stereocenters. The Balaban J connectivity index is 0.000000236. The van der Waals surface area contributed by atoms with Crippen LogP contribution in [-0.4, -0.2) is 44.3 Å². The number of hydrogen-bond donors (Lipinski definition) is 3. The molecular formula is C35H40N2O6. The molecule has 8 heteroatoms. The van der Waals surface area contributed by atoms with Crippen LogP contribution in [0.15, 0.2) is 73.1 Å². The molecule has 2 aromatic carbocycles. The van der Waals surface area contributed by atoms with Crippen molar-refractivity contribution in [3.8, 4) is 0 Å². The van der Waals surface area contributed by atoms with E-state index in [0.717, 1.165) is 38.4 Å². The average molecular weight is 585 g/mol. The van der Waals surface area contributed by atoms with Crippen molar-refractivity contribution < 1.29 is 29.6 Å². The van der Waals surface area contributed by atoms with Gasteiger partial charge in [0.25, 0.3) is 0 Å². The zero-order valence-electron chi connectivity index (χ0n) is 25.7. The lowest BCUT2D eigenvalue weighted by Crippen LogP contribution is -2.22. The van der Waals surface area contributed by atoms with Crippen LogP contribution in [0.2, 0.25) is 0 Å². The molecule has 226 valence electrons. The van der Waals surface area contributed by atoms with Crippen molar-refractivity contribution in [3.63, 3.8) is 0 Å². The Morgan fingerprint density at radius 1 is 0.721 bits per heavy atom. The molecular weight excluding hydrogens is 544 g/mol. The summed E-state index contributed by atoms with van der Waals surface area (Å²) in [6, 6.07) is 15.3. The number of methoxy groups -OCH3 is 1. The molecule has 0 aliphatic heterocycles. The highest BCUT2D eigenvalue weighted by molar-refractivity contribution is 5.85. The number of carbonyl (C=O) groups is 2. The molecule has 0 unspecified atom stereocenters. The van der Waals surface area contributed by atoms with Crippen LogP contribution in [0.5, 0.6) is 0 Å². The molecule has 0 radical (unpaired) electrons. The molecule has 4 rings (SSSR count). The van der Waals surface area contributed by atoms with Gasteiger partial charge in [0, 0.05) is 23.2 Å². The second-order valence-electron chi connectivity index (χ2n) is 11.7. The maximum atomic E-state index is 11.7. The lowest BCUT2D eigenvalue weighted by Gasteiger charge is -2.16. The highest BCUT2D eigenvalue weighted by atomic mass is 16.5. The summed E-state index contributed by atoms with van der Waals surface area (Å²) in [4.78, 5) is 31.4. The van der Waals surface area contributed by atoms with E-state index in [4.69, 9.17) is 9.84 Å². The zero-order chi connectivity index (χ0) is 31.9. The third-order valence-corrected chi connectivity index (χ3v) is 7.10. The van der Waals surface area contributed by atoms with E-state index in [0.29, 0.717) is 5.69 Å². The van der Waals surface area contributed by atoms with Gasteiger partial charge in [0.15, 0.2) is 0 Å². The fourth-order valence-corrected chi connectivity index (χ4v) is 4.04. The number of aliphatic carboxylic acids is 1. The summed E-state index contributed by atoms with van der Waals surface area (Å²) in [5.74, 6) is -1.17. The third-order valence-electron chi connectivity index (χ3n) is 7.10. The maximum Gasteiger partial charge on any atom is 0.315 e. The Morgan fingerprint density at radius 3 is 1.51 bits per heavy atom. The summed E-state index contributed by atoms with van der Waals surface area (Å²) in [7, 11) is 1.38. The van der Waals surface area contributed by atoms with Gasteiger partial charge in [-0.05, 0) is 99.9 Å². The lowest BCUT2D eigenvalue weighted by atomic mass is 9.93. The molecule has 43 heavy (non-hydrogen) atoms. The van der Waals surface area contributed by atoms with Crippen molar-refractivity contribution >= 4 is 45.6 Å². The minimum atomic E-state index is -0.932. The summed E-state index contributed by atoms with van der Waals surface area (Å²) >= 11 is 0. The van der Waals surface area contributed by atoms with Crippen LogP contribution in [0.4, 0.5) is 0 Å². The van der Waals surface area contributed by atoms with Gasteiger partial charge < -0.3 is 20.1 Å². The first-order chi connectivity index (χ1) is 20.1. The van der Waals surface area contributed by atoms with Gasteiger partial charge in [0.2, 0.25) is 0 Å². The first kappa shape index (κ1) is 33.1. The molecule has 8 nitrogen and oxygen atoms in total. The highest BCUT2D eigenvalue weighted by Crippen LogP contribution is 2.25. The molecule has 0 aliphatic rings. The number of carbonyl (C=O) groups excluding carboxylic acids is 1. The molecule has 0 amide bonds. The summed E-state index contributed by atoms with van der Waals surface area (Å²) in [6.07, 6.45) is 9.43. The van der Waals surface area contributed by atoms with E-state index in [1.54, 1.807) is 72.2 Å². The van der Waals surface area contributed by atoms with Gasteiger partial charge in [-0.25, -0.2) is 0 Å². The van der Waals surface area contributed by atoms with Crippen LogP contribution in [-0.2, 0) is 14.3 Å². The minimum absolute atomic E-state index is 0.291. The third kappa shape index (κ3) is 8.80. The smallest absolute Gasteiger partial charge is 0.315 e. The fraction of sp³-hybridized carbons (Fsp3) is 0.314. The second kappa shape index (κ2) is 13.7. The van der Waals surface area contributed by atoms with Gasteiger partial charge in [-0.3, -0.25) is 19.6 Å². The molecule has 0 saturated carbocycles. The fourth-order valence-electron chi connectivity index (χ4n) is 4.04. The number of esters is 1. The topological polar surface area (TPSA) is 130 Å². The molecule has 0 fully saturated rings. The quantitative estimate of drug-likeness (QED) is 0.191. The van der Waals surface area contributed by atoms with Gasteiger partial charge >= 0.3 is 11.9 Å². The number of aromatic nitrogens is 2. The lowest BCUT2D eigenvalue weighted by molar-refractivity contribution is -0.148. The van der Waals surface area contributed by atoms with E-state index in [-0.39, 0.29) is 5.97 Å². The van der Waals surface area contributed by atoms with Crippen molar-refractivity contribution in [2.24, 2.45) is 10.8 Å². The van der Waals surface area contributed by atoms with Crippen molar-refractivity contribution in [2.75, 3.05) is 7.11 Å². The Kier molecular flexibility index (Phi) is 10.6. The number of aliphatic hydroxyl groups excluding tert-OH is 2. The molecule has 0 bridgehead atoms. The van der Waals surface area contributed by atoms with Crippen LogP contribution in [0.25, 0.3) is 33.7 Å². The number of hydrogen-bond acceptors (Lipinski definition) is 7. The maximum absolute atomic E-state index is 11.7. The Bertz CT molecular complexity index is 1670. The van der Waals surface area contributed by atoms with E-state index in [9.17, 15) is 19.8 Å². The summed E-state index contributed by atoms with van der Waals surface area (Å²) < 4.78 is 4.78. The van der Waals surface area contributed by atoms with Crippen LogP contribution < -0.4 is 0 Å². The summed E-state index contributed by atoms with van der Waals surface area (Å²) in [5, 5.41) is 32.3. The number of fused-ring (bicyclic) bond motifs is 2. The first-order valence-electron chi connectivity index (χ1n) is 14.0. The zero-order valence-corrected chi connectivity index (χ0v) is 25.7. The molecule has 0 aliphatic carbocycles. The SMILES string of the molecule is COC(=O)C(C)(C)/C=C/c1cc2cc([C@@H](C)O)ccc2cn1.C[C@@H](O)c1ccc2cnc(/C=C/C(C)(C)C(=O)O)cc2c1. The Hall–Kier alpha value is -4.40. The molecule has 0 saturated heterocycles. The van der Waals surface area contributed by atoms with E-state index < -0.39 is 29.0 Å². The molecule has 3 N–H and O–H groups in total. The standard InChI is InChI=1S/C18H21NO3.C17H19NO3/c1-12(20)13-5-6-14-11-19-16(10-15(14)9-13)7-8-18(2,3)17(21)22-4;1-11(19)12-4-5-13-10-18-15(9-14(13)8-12)6-7-17(2,3)16(20)21/h5-12,20H,1-4H3;4-11,19H,1-3H3,(H,20,21)/b8-7+;7-6+/t12-;11-/m11/s1. The molecule has 0 spiro atoms. The van der Waals surface area contributed by atoms with Gasteiger partial charge in [0.1, 0.15) is 0 Å². The number of carboxylic acid groups (broad SMARTS) is 1. The Labute approximate surface area is 252 Å². The number of nitrogens with zero attached hydrogens (tertiary/aromatic N) is 2. The van der Waals surface area contributed by atoms with Gasteiger partial charge in [-0.15, -0.1) is 0 Å². The van der Waals surface area contributed by atoms with Gasteiger partial charge in [-0.2, -0.15) is 0 Å². The number of pyridine rings is 2. The van der Waals surface area contributed by atoms with E-state index in [1.807, 2.05) is 54.6 Å². The van der Waals surface area contributed by atoms with Crippen molar-refractivity contribution in [3.05, 3.63) is 95.6 Å². The van der Waals surface area contributed by atoms with Crippen LogP contribution in [0.3, 0.4) is 0 Å². The number of carboxylic acids is 1. The largest absolute Gasteiger partial charge is 0.481 e. The highest BCUT2D eigenvalue weighted by Gasteiger charge is 2.25. The first-order valence-corrected chi connectivity index (χ1v) is 14.0. The summed E-state index contributed by atoms with van der Waals surface area (Å²) in [6.45, 7) is 10.3. The average Bonchev–Trinajstić information content (AvgIpc) is 2.97. The molecule has 2 heterocycles. The van der Waals surface area contributed by atoms with Gasteiger partial charge in [-0.1, -0.05) is 36.4 Å². The number of benzene rings is 2. The number of ether oxygens (including phenoxy) is 1. The van der Waals surface area contributed by atoms with Crippen molar-refractivity contribution in [1.29, 1.82) is 0 Å².